The molecule has 6 nitrogen and oxygen atoms in total. The number of benzene rings is 2. The van der Waals surface area contributed by atoms with E-state index in [-0.39, 0.29) is 5.56 Å². The van der Waals surface area contributed by atoms with Crippen LogP contribution in [0.2, 0.25) is 0 Å². The Morgan fingerprint density at radius 1 is 1.17 bits per heavy atom. The molecule has 2 aromatic carbocycles. The van der Waals surface area contributed by atoms with Gasteiger partial charge >= 0.3 is 0 Å². The van der Waals surface area contributed by atoms with Crippen LogP contribution >= 0.6 is 31.9 Å². The molecule has 0 amide bonds. The molecule has 0 fully saturated rings. The Morgan fingerprint density at radius 2 is 1.97 bits per heavy atom. The van der Waals surface area contributed by atoms with Crippen LogP contribution in [0.15, 0.2) is 49.2 Å². The van der Waals surface area contributed by atoms with Crippen molar-refractivity contribution >= 4 is 49.0 Å². The summed E-state index contributed by atoms with van der Waals surface area (Å²) >= 11 is 6.91. The lowest BCUT2D eigenvalue weighted by Crippen LogP contribution is -2.22. The van der Waals surface area contributed by atoms with E-state index in [0.717, 1.165) is 21.8 Å². The van der Waals surface area contributed by atoms with Crippen LogP contribution in [0.25, 0.3) is 10.9 Å². The number of hydrogen-bond acceptors (Lipinski definition) is 5. The fourth-order valence-electron chi connectivity index (χ4n) is 3.07. The third-order valence-electron chi connectivity index (χ3n) is 4.50. The topological polar surface area (TPSA) is 65.7 Å². The quantitative estimate of drug-likeness (QED) is 0.354. The lowest BCUT2D eigenvalue weighted by molar-refractivity contribution is 0.310. The highest BCUT2D eigenvalue weighted by molar-refractivity contribution is 9.10. The molecule has 0 aliphatic rings. The molecule has 0 N–H and O–H groups in total. The van der Waals surface area contributed by atoms with Gasteiger partial charge in [-0.25, -0.2) is 4.98 Å². The molecular weight excluding hydrogens is 514 g/mol. The molecule has 30 heavy (non-hydrogen) atoms. The maximum atomic E-state index is 13.2. The second kappa shape index (κ2) is 10.2. The summed E-state index contributed by atoms with van der Waals surface area (Å²) in [6.07, 6.45) is 4.18. The highest BCUT2D eigenvalue weighted by Gasteiger charge is 2.13. The summed E-state index contributed by atoms with van der Waals surface area (Å²) in [5.41, 5.74) is 1.16. The zero-order valence-corrected chi connectivity index (χ0v) is 20.3. The average Bonchev–Trinajstić information content (AvgIpc) is 2.73. The fourth-order valence-corrected chi connectivity index (χ4v) is 3.88. The third-order valence-corrected chi connectivity index (χ3v) is 5.45. The van der Waals surface area contributed by atoms with Gasteiger partial charge in [0.15, 0.2) is 11.5 Å². The van der Waals surface area contributed by atoms with Crippen molar-refractivity contribution < 1.29 is 9.47 Å². The van der Waals surface area contributed by atoms with Crippen molar-refractivity contribution in [3.63, 3.8) is 0 Å². The lowest BCUT2D eigenvalue weighted by atomic mass is 10.2. The first-order valence-corrected chi connectivity index (χ1v) is 11.3. The molecule has 0 bridgehead atoms. The van der Waals surface area contributed by atoms with E-state index in [1.165, 1.54) is 4.68 Å². The van der Waals surface area contributed by atoms with Gasteiger partial charge in [-0.15, -0.1) is 0 Å². The second-order valence-electron chi connectivity index (χ2n) is 6.61. The van der Waals surface area contributed by atoms with Crippen LogP contribution < -0.4 is 15.0 Å². The van der Waals surface area contributed by atoms with Crippen LogP contribution in [0.3, 0.4) is 0 Å². The summed E-state index contributed by atoms with van der Waals surface area (Å²) in [4.78, 5) is 17.9. The van der Waals surface area contributed by atoms with E-state index in [0.29, 0.717) is 46.8 Å². The molecule has 0 spiro atoms. The molecule has 0 aliphatic heterocycles. The summed E-state index contributed by atoms with van der Waals surface area (Å²) in [6, 6.07) is 9.20. The largest absolute Gasteiger partial charge is 0.493 e. The van der Waals surface area contributed by atoms with E-state index in [1.807, 2.05) is 31.2 Å². The molecule has 0 saturated heterocycles. The van der Waals surface area contributed by atoms with Gasteiger partial charge < -0.3 is 9.47 Å². The number of unbranched alkanes of at least 4 members (excludes halogenated alkanes) is 1. The van der Waals surface area contributed by atoms with Crippen molar-refractivity contribution in [2.24, 2.45) is 5.10 Å². The smallest absolute Gasteiger partial charge is 0.282 e. The number of nitrogens with zero attached hydrogens (tertiary/aromatic N) is 3. The van der Waals surface area contributed by atoms with Crippen molar-refractivity contribution in [2.45, 2.75) is 33.1 Å². The minimum absolute atomic E-state index is 0.205. The van der Waals surface area contributed by atoms with Gasteiger partial charge in [-0.1, -0.05) is 45.2 Å². The molecule has 0 radical (unpaired) electrons. The molecule has 8 heteroatoms. The van der Waals surface area contributed by atoms with Gasteiger partial charge in [-0.3, -0.25) is 4.79 Å². The monoisotopic (exact) mass is 535 g/mol. The number of halogens is 2. The van der Waals surface area contributed by atoms with Gasteiger partial charge in [-0.05, 0) is 43.7 Å². The van der Waals surface area contributed by atoms with Crippen LogP contribution in [0.4, 0.5) is 0 Å². The number of rotatable bonds is 8. The van der Waals surface area contributed by atoms with E-state index < -0.39 is 0 Å². The summed E-state index contributed by atoms with van der Waals surface area (Å²) in [7, 11) is 1.59. The molecule has 0 atom stereocenters. The second-order valence-corrected chi connectivity index (χ2v) is 8.45. The number of ether oxygens (including phenoxy) is 2. The number of hydrogen-bond donors (Lipinski definition) is 0. The van der Waals surface area contributed by atoms with Crippen LogP contribution in [0, 0.1) is 0 Å². The van der Waals surface area contributed by atoms with Crippen molar-refractivity contribution in [3.8, 4) is 11.5 Å². The maximum Gasteiger partial charge on any atom is 0.282 e. The molecular formula is C22H23Br2N3O3. The van der Waals surface area contributed by atoms with Gasteiger partial charge in [0.05, 0.1) is 30.8 Å². The Morgan fingerprint density at radius 3 is 2.67 bits per heavy atom. The fraction of sp³-hybridized carbons (Fsp3) is 0.318. The Balaban J connectivity index is 2.17. The summed E-state index contributed by atoms with van der Waals surface area (Å²) in [5.74, 6) is 1.80. The Kier molecular flexibility index (Phi) is 7.66. The summed E-state index contributed by atoms with van der Waals surface area (Å²) < 4.78 is 14.2. The third kappa shape index (κ3) is 4.92. The summed E-state index contributed by atoms with van der Waals surface area (Å²) in [5, 5.41) is 5.03. The first kappa shape index (κ1) is 22.5. The van der Waals surface area contributed by atoms with Crippen LogP contribution in [-0.4, -0.2) is 29.6 Å². The van der Waals surface area contributed by atoms with Gasteiger partial charge in [0.1, 0.15) is 5.82 Å². The van der Waals surface area contributed by atoms with E-state index >= 15 is 0 Å². The van der Waals surface area contributed by atoms with Crippen molar-refractivity contribution in [3.05, 3.63) is 61.0 Å². The molecule has 3 aromatic rings. The number of fused-ring (bicyclic) bond motifs is 1. The van der Waals surface area contributed by atoms with Crippen LogP contribution in [-0.2, 0) is 6.42 Å². The van der Waals surface area contributed by atoms with Crippen molar-refractivity contribution in [1.82, 2.24) is 9.66 Å². The number of aromatic nitrogens is 2. The minimum Gasteiger partial charge on any atom is -0.493 e. The number of methoxy groups -OCH3 is 1. The lowest BCUT2D eigenvalue weighted by Gasteiger charge is -2.13. The molecule has 1 aromatic heterocycles. The van der Waals surface area contributed by atoms with Gasteiger partial charge in [-0.2, -0.15) is 9.78 Å². The normalized spacial score (nSPS) is 11.4. The first-order chi connectivity index (χ1) is 14.5. The predicted octanol–water partition coefficient (Wildman–Crippen LogP) is 5.55. The Labute approximate surface area is 192 Å². The minimum atomic E-state index is -0.205. The molecule has 1 heterocycles. The highest BCUT2D eigenvalue weighted by Crippen LogP contribution is 2.34. The van der Waals surface area contributed by atoms with Crippen molar-refractivity contribution in [1.29, 1.82) is 0 Å². The molecule has 3 rings (SSSR count). The van der Waals surface area contributed by atoms with Crippen LogP contribution in [0.1, 0.15) is 38.1 Å². The standard InChI is InChI=1S/C22H23Br2N3O3/c1-4-6-7-20-26-18-9-8-15(23)11-17(18)22(28)27(20)25-13-14-10-16(24)12-19(29-3)21(14)30-5-2/h8-13H,4-7H2,1-3H3. The summed E-state index contributed by atoms with van der Waals surface area (Å²) in [6.45, 7) is 4.49. The molecule has 158 valence electrons. The average molecular weight is 537 g/mol. The Hall–Kier alpha value is -2.19. The van der Waals surface area contributed by atoms with Gasteiger partial charge in [0, 0.05) is 20.9 Å². The van der Waals surface area contributed by atoms with Crippen LogP contribution in [0.5, 0.6) is 11.5 Å². The van der Waals surface area contributed by atoms with E-state index in [1.54, 1.807) is 19.4 Å². The maximum absolute atomic E-state index is 13.2. The molecule has 0 aliphatic carbocycles. The van der Waals surface area contributed by atoms with E-state index in [9.17, 15) is 4.79 Å². The van der Waals surface area contributed by atoms with Gasteiger partial charge in [0.25, 0.3) is 5.56 Å². The molecule has 0 saturated carbocycles. The zero-order chi connectivity index (χ0) is 21.7. The molecule has 0 unspecified atom stereocenters. The predicted molar refractivity (Wildman–Crippen MR) is 127 cm³/mol. The van der Waals surface area contributed by atoms with E-state index in [4.69, 9.17) is 14.5 Å². The first-order valence-electron chi connectivity index (χ1n) is 9.74. The SMILES string of the molecule is CCCCc1nc2ccc(Br)cc2c(=O)n1N=Cc1cc(Br)cc(OC)c1OCC. The number of aryl methyl sites for hydroxylation is 1. The Bertz CT molecular complexity index is 1140. The van der Waals surface area contributed by atoms with Crippen molar-refractivity contribution in [2.75, 3.05) is 13.7 Å². The van der Waals surface area contributed by atoms with E-state index in [2.05, 4.69) is 43.9 Å². The highest BCUT2D eigenvalue weighted by atomic mass is 79.9. The zero-order valence-electron chi connectivity index (χ0n) is 17.1. The van der Waals surface area contributed by atoms with Gasteiger partial charge in [0.2, 0.25) is 0 Å².